The molecule has 0 radical (unpaired) electrons. The molecule has 1 aliphatic rings. The maximum absolute atomic E-state index is 8.31. The van der Waals surface area contributed by atoms with Crippen LogP contribution in [-0.2, 0) is 12.8 Å². The van der Waals surface area contributed by atoms with Crippen LogP contribution in [0.4, 0.5) is 5.69 Å². The van der Waals surface area contributed by atoms with E-state index >= 15 is 0 Å². The number of aryl methyl sites for hydroxylation is 1. The van der Waals surface area contributed by atoms with E-state index in [-0.39, 0.29) is 0 Å². The lowest BCUT2D eigenvalue weighted by atomic mass is 10.0. The van der Waals surface area contributed by atoms with Crippen LogP contribution >= 0.6 is 11.3 Å². The maximum atomic E-state index is 8.31. The monoisotopic (exact) mass is 341 g/mol. The lowest BCUT2D eigenvalue weighted by molar-refractivity contribution is 0.413. The van der Waals surface area contributed by atoms with Gasteiger partial charge in [-0.15, -0.1) is 11.3 Å². The molecule has 0 spiro atoms. The molecule has 3 nitrogen and oxygen atoms in total. The van der Waals surface area contributed by atoms with E-state index in [0.717, 1.165) is 43.1 Å². The zero-order valence-corrected chi connectivity index (χ0v) is 15.5. The van der Waals surface area contributed by atoms with Crippen molar-refractivity contribution in [3.63, 3.8) is 0 Å². The Labute approximate surface area is 149 Å². The van der Waals surface area contributed by atoms with E-state index in [2.05, 4.69) is 42.1 Å². The molecule has 24 heavy (non-hydrogen) atoms. The molecule has 0 bridgehead atoms. The summed E-state index contributed by atoms with van der Waals surface area (Å²) in [4.78, 5) is 5.87. The van der Waals surface area contributed by atoms with Crippen molar-refractivity contribution < 1.29 is 0 Å². The summed E-state index contributed by atoms with van der Waals surface area (Å²) >= 11 is 1.65. The first kappa shape index (κ1) is 17.2. The average molecular weight is 342 g/mol. The molecule has 4 heteroatoms. The van der Waals surface area contributed by atoms with Gasteiger partial charge in [0, 0.05) is 36.6 Å². The first-order valence-electron chi connectivity index (χ1n) is 8.76. The van der Waals surface area contributed by atoms with Crippen molar-refractivity contribution in [2.45, 2.75) is 25.7 Å². The summed E-state index contributed by atoms with van der Waals surface area (Å²) in [6.07, 6.45) is 4.42. The fourth-order valence-corrected chi connectivity index (χ4v) is 3.97. The second-order valence-electron chi connectivity index (χ2n) is 6.84. The Kier molecular flexibility index (Phi) is 5.69. The van der Waals surface area contributed by atoms with E-state index in [4.69, 9.17) is 5.41 Å². The predicted molar refractivity (Wildman–Crippen MR) is 105 cm³/mol. The summed E-state index contributed by atoms with van der Waals surface area (Å²) in [7, 11) is 4.27. The van der Waals surface area contributed by atoms with Crippen LogP contribution in [0.5, 0.6) is 0 Å². The second-order valence-corrected chi connectivity index (χ2v) is 7.79. The summed E-state index contributed by atoms with van der Waals surface area (Å²) in [5.74, 6) is 0. The molecule has 0 aliphatic carbocycles. The Balaban J connectivity index is 1.76. The van der Waals surface area contributed by atoms with E-state index in [1.54, 1.807) is 11.3 Å². The van der Waals surface area contributed by atoms with Crippen molar-refractivity contribution >= 4 is 22.7 Å². The number of nitrogens with zero attached hydrogens (tertiary/aromatic N) is 2. The number of benzene rings is 1. The molecule has 128 valence electrons. The van der Waals surface area contributed by atoms with Crippen molar-refractivity contribution in [1.82, 2.24) is 4.90 Å². The van der Waals surface area contributed by atoms with Gasteiger partial charge in [-0.2, -0.15) is 0 Å². The highest BCUT2D eigenvalue weighted by molar-refractivity contribution is 7.12. The predicted octanol–water partition coefficient (Wildman–Crippen LogP) is 4.06. The van der Waals surface area contributed by atoms with Gasteiger partial charge in [0.1, 0.15) is 0 Å². The number of fused-ring (bicyclic) bond motifs is 1. The van der Waals surface area contributed by atoms with Crippen molar-refractivity contribution in [1.29, 1.82) is 5.41 Å². The third-order valence-electron chi connectivity index (χ3n) is 4.63. The molecular formula is C20H27N3S. The largest absolute Gasteiger partial charge is 0.370 e. The molecule has 3 rings (SSSR count). The number of nitrogens with one attached hydrogen (secondary N) is 1. The van der Waals surface area contributed by atoms with Crippen molar-refractivity contribution in [2.75, 3.05) is 38.6 Å². The molecule has 1 aromatic heterocycles. The number of anilines is 1. The highest BCUT2D eigenvalue weighted by Crippen LogP contribution is 2.28. The smallest absolute Gasteiger partial charge is 0.0529 e. The Morgan fingerprint density at radius 2 is 2.12 bits per heavy atom. The first-order chi connectivity index (χ1) is 11.6. The van der Waals surface area contributed by atoms with Gasteiger partial charge in [0.05, 0.1) is 5.71 Å². The standard InChI is InChI=1S/C20H27N3S/c1-22(2)11-12-23-10-4-3-6-17-14-16(8-9-19(17)23)15-18(21)20-7-5-13-24-20/h5,7-9,13-14,21H,3-4,6,10-12,15H2,1-2H3. The molecule has 0 saturated heterocycles. The van der Waals surface area contributed by atoms with E-state index in [0.29, 0.717) is 0 Å². The van der Waals surface area contributed by atoms with Crippen LogP contribution in [-0.4, -0.2) is 44.3 Å². The molecule has 0 fully saturated rings. The highest BCUT2D eigenvalue weighted by atomic mass is 32.1. The van der Waals surface area contributed by atoms with E-state index < -0.39 is 0 Å². The van der Waals surface area contributed by atoms with Gasteiger partial charge < -0.3 is 15.2 Å². The highest BCUT2D eigenvalue weighted by Gasteiger charge is 2.16. The minimum absolute atomic E-state index is 0.725. The Bertz CT molecular complexity index is 676. The molecule has 0 saturated carbocycles. The van der Waals surface area contributed by atoms with E-state index in [1.807, 2.05) is 17.5 Å². The zero-order valence-electron chi connectivity index (χ0n) is 14.7. The van der Waals surface area contributed by atoms with Gasteiger partial charge in [0.2, 0.25) is 0 Å². The van der Waals surface area contributed by atoms with Gasteiger partial charge in [-0.25, -0.2) is 0 Å². The lowest BCUT2D eigenvalue weighted by Gasteiger charge is -2.26. The van der Waals surface area contributed by atoms with Crippen LogP contribution in [0, 0.1) is 5.41 Å². The molecule has 0 amide bonds. The molecule has 1 aliphatic heterocycles. The van der Waals surface area contributed by atoms with Gasteiger partial charge in [-0.1, -0.05) is 18.2 Å². The van der Waals surface area contributed by atoms with Crippen molar-refractivity contribution in [3.8, 4) is 0 Å². The minimum atomic E-state index is 0.725. The number of hydrogen-bond donors (Lipinski definition) is 1. The fraction of sp³-hybridized carbons (Fsp3) is 0.450. The molecule has 0 unspecified atom stereocenters. The van der Waals surface area contributed by atoms with Crippen LogP contribution in [0.1, 0.15) is 28.8 Å². The third-order valence-corrected chi connectivity index (χ3v) is 5.56. The summed E-state index contributed by atoms with van der Waals surface area (Å²) in [6, 6.07) is 10.9. The molecule has 2 aromatic rings. The lowest BCUT2D eigenvalue weighted by Crippen LogP contribution is -2.32. The van der Waals surface area contributed by atoms with Crippen LogP contribution in [0.15, 0.2) is 35.7 Å². The van der Waals surface area contributed by atoms with Gasteiger partial charge in [0.15, 0.2) is 0 Å². The van der Waals surface area contributed by atoms with Crippen LogP contribution in [0.3, 0.4) is 0 Å². The molecule has 2 heterocycles. The number of likely N-dealkylation sites (N-methyl/N-ethyl adjacent to an activating group) is 1. The Morgan fingerprint density at radius 3 is 2.88 bits per heavy atom. The summed E-state index contributed by atoms with van der Waals surface area (Å²) < 4.78 is 0. The first-order valence-corrected chi connectivity index (χ1v) is 9.64. The molecule has 1 N–H and O–H groups in total. The zero-order chi connectivity index (χ0) is 16.9. The topological polar surface area (TPSA) is 30.3 Å². The van der Waals surface area contributed by atoms with Gasteiger partial charge in [-0.3, -0.25) is 0 Å². The summed E-state index contributed by atoms with van der Waals surface area (Å²) in [5.41, 5.74) is 4.85. The number of thiophene rings is 1. The second kappa shape index (κ2) is 7.95. The van der Waals surface area contributed by atoms with Crippen LogP contribution in [0.25, 0.3) is 0 Å². The van der Waals surface area contributed by atoms with Crippen LogP contribution in [0.2, 0.25) is 0 Å². The van der Waals surface area contributed by atoms with Gasteiger partial charge in [0.25, 0.3) is 0 Å². The number of rotatable bonds is 6. The SMILES string of the molecule is CN(C)CCN1CCCCc2cc(CC(=N)c3cccs3)ccc21. The minimum Gasteiger partial charge on any atom is -0.370 e. The summed E-state index contributed by atoms with van der Waals surface area (Å²) in [5, 5.41) is 10.4. The molecular weight excluding hydrogens is 314 g/mol. The normalized spacial score (nSPS) is 14.5. The molecule has 1 aromatic carbocycles. The average Bonchev–Trinajstić information content (AvgIpc) is 3.02. The van der Waals surface area contributed by atoms with Crippen molar-refractivity contribution in [2.24, 2.45) is 0 Å². The van der Waals surface area contributed by atoms with Crippen LogP contribution < -0.4 is 4.90 Å². The van der Waals surface area contributed by atoms with Gasteiger partial charge in [-0.05, 0) is 62.0 Å². The maximum Gasteiger partial charge on any atom is 0.0529 e. The Morgan fingerprint density at radius 1 is 1.25 bits per heavy atom. The Hall–Kier alpha value is -1.65. The summed E-state index contributed by atoms with van der Waals surface area (Å²) in [6.45, 7) is 3.33. The van der Waals surface area contributed by atoms with E-state index in [1.165, 1.54) is 29.7 Å². The number of hydrogen-bond acceptors (Lipinski definition) is 4. The van der Waals surface area contributed by atoms with Gasteiger partial charge >= 0.3 is 0 Å². The molecule has 0 atom stereocenters. The van der Waals surface area contributed by atoms with Crippen molar-refractivity contribution in [3.05, 3.63) is 51.7 Å². The quantitative estimate of drug-likeness (QED) is 0.803. The third kappa shape index (κ3) is 4.25. The fourth-order valence-electron chi connectivity index (χ4n) is 3.29. The van der Waals surface area contributed by atoms with E-state index in [9.17, 15) is 0 Å².